The third-order valence-electron chi connectivity index (χ3n) is 4.37. The highest BCUT2D eigenvalue weighted by atomic mass is 19.4. The lowest BCUT2D eigenvalue weighted by Crippen LogP contribution is -2.49. The number of alkyl halides is 3. The molecule has 0 aromatic heterocycles. The molecule has 0 fully saturated rings. The number of hydrogen-bond donors (Lipinski definition) is 0. The monoisotopic (exact) mass is 348 g/mol. The highest BCUT2D eigenvalue weighted by Crippen LogP contribution is 2.36. The van der Waals surface area contributed by atoms with Crippen molar-refractivity contribution in [2.75, 3.05) is 16.3 Å². The Labute approximate surface area is 144 Å². The Morgan fingerprint density at radius 3 is 2.44 bits per heavy atom. The Balaban J connectivity index is 1.94. The maximum absolute atomic E-state index is 12.9. The van der Waals surface area contributed by atoms with Crippen molar-refractivity contribution in [3.05, 3.63) is 59.7 Å². The number of anilines is 2. The van der Waals surface area contributed by atoms with Crippen molar-refractivity contribution in [2.45, 2.75) is 32.6 Å². The minimum absolute atomic E-state index is 0.0429. The summed E-state index contributed by atoms with van der Waals surface area (Å²) < 4.78 is 38.8. The van der Waals surface area contributed by atoms with Crippen molar-refractivity contribution in [3.63, 3.8) is 0 Å². The summed E-state index contributed by atoms with van der Waals surface area (Å²) in [7, 11) is 0. The van der Waals surface area contributed by atoms with Crippen molar-refractivity contribution in [1.82, 2.24) is 0 Å². The molecule has 1 aliphatic rings. The number of nitrogens with zero attached hydrogens (tertiary/aromatic N) is 2. The van der Waals surface area contributed by atoms with Gasteiger partial charge in [0.15, 0.2) is 0 Å². The second kappa shape index (κ2) is 6.43. The molecule has 0 spiro atoms. The molecule has 2 aromatic rings. The van der Waals surface area contributed by atoms with Crippen LogP contribution in [0.4, 0.5) is 24.5 Å². The molecule has 1 aliphatic heterocycles. The van der Waals surface area contributed by atoms with E-state index in [1.807, 2.05) is 36.1 Å². The highest BCUT2D eigenvalue weighted by molar-refractivity contribution is 5.97. The molecule has 1 atom stereocenters. The fraction of sp³-hybridized carbons (Fsp3) is 0.316. The number of fused-ring (bicyclic) bond motifs is 1. The van der Waals surface area contributed by atoms with Crippen LogP contribution in [0.3, 0.4) is 0 Å². The third-order valence-corrected chi connectivity index (χ3v) is 4.37. The van der Waals surface area contributed by atoms with Gasteiger partial charge in [-0.15, -0.1) is 0 Å². The number of amides is 1. The zero-order valence-electron chi connectivity index (χ0n) is 14.0. The second-order valence-corrected chi connectivity index (χ2v) is 6.31. The SMILES string of the molecule is CC(=O)N1c2ccccc2N(Cc2cccc(C(F)(F)F)c2)C[C@@H]1C. The zero-order chi connectivity index (χ0) is 18.2. The minimum atomic E-state index is -4.35. The molecular weight excluding hydrogens is 329 g/mol. The van der Waals surface area contributed by atoms with Gasteiger partial charge in [0.25, 0.3) is 0 Å². The number of carbonyl (C=O) groups excluding carboxylic acids is 1. The normalized spacial score (nSPS) is 17.4. The molecule has 132 valence electrons. The lowest BCUT2D eigenvalue weighted by Gasteiger charge is -2.42. The average molecular weight is 348 g/mol. The summed E-state index contributed by atoms with van der Waals surface area (Å²) >= 11 is 0. The van der Waals surface area contributed by atoms with Crippen LogP contribution in [0.5, 0.6) is 0 Å². The first-order valence-electron chi connectivity index (χ1n) is 8.07. The predicted octanol–water partition coefficient (Wildman–Crippen LogP) is 4.47. The molecule has 0 bridgehead atoms. The number of hydrogen-bond acceptors (Lipinski definition) is 2. The first-order chi connectivity index (χ1) is 11.8. The number of halogens is 3. The molecule has 1 amide bonds. The Hall–Kier alpha value is -2.50. The molecule has 0 saturated carbocycles. The van der Waals surface area contributed by atoms with Crippen LogP contribution in [0.25, 0.3) is 0 Å². The molecule has 0 saturated heterocycles. The zero-order valence-corrected chi connectivity index (χ0v) is 14.0. The molecule has 0 aliphatic carbocycles. The largest absolute Gasteiger partial charge is 0.416 e. The van der Waals surface area contributed by atoms with E-state index >= 15 is 0 Å². The van der Waals surface area contributed by atoms with Gasteiger partial charge in [0.1, 0.15) is 0 Å². The van der Waals surface area contributed by atoms with Crippen LogP contribution in [-0.4, -0.2) is 18.5 Å². The van der Waals surface area contributed by atoms with Crippen LogP contribution in [0.1, 0.15) is 25.0 Å². The van der Waals surface area contributed by atoms with E-state index in [0.29, 0.717) is 18.7 Å². The molecule has 3 rings (SSSR count). The maximum Gasteiger partial charge on any atom is 0.416 e. The molecule has 1 heterocycles. The fourth-order valence-electron chi connectivity index (χ4n) is 3.37. The van der Waals surface area contributed by atoms with Gasteiger partial charge in [0.2, 0.25) is 5.91 Å². The summed E-state index contributed by atoms with van der Waals surface area (Å²) in [6, 6.07) is 12.8. The Bertz CT molecular complexity index is 788. The topological polar surface area (TPSA) is 23.6 Å². The van der Waals surface area contributed by atoms with Gasteiger partial charge >= 0.3 is 6.18 Å². The standard InChI is InChI=1S/C19H19F3N2O/c1-13-11-23(12-15-6-5-7-16(10-15)19(20,21)22)17-8-3-4-9-18(17)24(13)14(2)25/h3-10,13H,11-12H2,1-2H3/t13-/m0/s1. The Kier molecular flexibility index (Phi) is 4.45. The maximum atomic E-state index is 12.9. The van der Waals surface area contributed by atoms with E-state index in [1.54, 1.807) is 11.0 Å². The van der Waals surface area contributed by atoms with Gasteiger partial charge in [-0.2, -0.15) is 13.2 Å². The first-order valence-corrected chi connectivity index (χ1v) is 8.07. The van der Waals surface area contributed by atoms with Crippen LogP contribution in [-0.2, 0) is 17.5 Å². The Morgan fingerprint density at radius 1 is 1.12 bits per heavy atom. The molecule has 25 heavy (non-hydrogen) atoms. The second-order valence-electron chi connectivity index (χ2n) is 6.31. The van der Waals surface area contributed by atoms with E-state index < -0.39 is 11.7 Å². The highest BCUT2D eigenvalue weighted by Gasteiger charge is 2.32. The van der Waals surface area contributed by atoms with Crippen LogP contribution >= 0.6 is 0 Å². The van der Waals surface area contributed by atoms with Crippen LogP contribution in [0.15, 0.2) is 48.5 Å². The van der Waals surface area contributed by atoms with E-state index in [9.17, 15) is 18.0 Å². The van der Waals surface area contributed by atoms with Crippen LogP contribution in [0.2, 0.25) is 0 Å². The molecule has 2 aromatic carbocycles. The number of rotatable bonds is 2. The lowest BCUT2D eigenvalue weighted by atomic mass is 10.1. The van der Waals surface area contributed by atoms with Crippen molar-refractivity contribution < 1.29 is 18.0 Å². The quantitative estimate of drug-likeness (QED) is 0.800. The summed E-state index contributed by atoms with van der Waals surface area (Å²) in [6.07, 6.45) is -4.35. The summed E-state index contributed by atoms with van der Waals surface area (Å²) in [5, 5.41) is 0. The van der Waals surface area contributed by atoms with E-state index in [2.05, 4.69) is 0 Å². The molecule has 0 radical (unpaired) electrons. The van der Waals surface area contributed by atoms with Gasteiger partial charge < -0.3 is 9.80 Å². The van der Waals surface area contributed by atoms with Gasteiger partial charge in [0, 0.05) is 20.0 Å². The lowest BCUT2D eigenvalue weighted by molar-refractivity contribution is -0.137. The van der Waals surface area contributed by atoms with Gasteiger partial charge in [0.05, 0.1) is 23.0 Å². The van der Waals surface area contributed by atoms with Crippen molar-refractivity contribution in [2.24, 2.45) is 0 Å². The van der Waals surface area contributed by atoms with Gasteiger partial charge in [-0.1, -0.05) is 24.3 Å². The number of carbonyl (C=O) groups is 1. The summed E-state index contributed by atoms with van der Waals surface area (Å²) in [5.74, 6) is -0.0429. The van der Waals surface area contributed by atoms with E-state index in [4.69, 9.17) is 0 Å². The van der Waals surface area contributed by atoms with Crippen molar-refractivity contribution in [1.29, 1.82) is 0 Å². The number of benzene rings is 2. The first kappa shape index (κ1) is 17.3. The van der Waals surface area contributed by atoms with Crippen LogP contribution in [0, 0.1) is 0 Å². The van der Waals surface area contributed by atoms with Crippen molar-refractivity contribution in [3.8, 4) is 0 Å². The molecule has 3 nitrogen and oxygen atoms in total. The third kappa shape index (κ3) is 3.48. The smallest absolute Gasteiger partial charge is 0.363 e. The predicted molar refractivity (Wildman–Crippen MR) is 91.6 cm³/mol. The van der Waals surface area contributed by atoms with E-state index in [-0.39, 0.29) is 11.9 Å². The van der Waals surface area contributed by atoms with E-state index in [1.165, 1.54) is 19.1 Å². The Morgan fingerprint density at radius 2 is 1.80 bits per heavy atom. The van der Waals surface area contributed by atoms with Gasteiger partial charge in [-0.3, -0.25) is 4.79 Å². The molecule has 0 unspecified atom stereocenters. The fourth-order valence-corrected chi connectivity index (χ4v) is 3.37. The molecular formula is C19H19F3N2O. The van der Waals surface area contributed by atoms with E-state index in [0.717, 1.165) is 17.4 Å². The minimum Gasteiger partial charge on any atom is -0.363 e. The molecule has 6 heteroatoms. The van der Waals surface area contributed by atoms with Gasteiger partial charge in [-0.05, 0) is 36.8 Å². The van der Waals surface area contributed by atoms with Crippen molar-refractivity contribution >= 4 is 17.3 Å². The average Bonchev–Trinajstić information content (AvgIpc) is 2.54. The summed E-state index contributed by atoms with van der Waals surface area (Å²) in [4.78, 5) is 15.7. The summed E-state index contributed by atoms with van der Waals surface area (Å²) in [5.41, 5.74) is 1.59. The number of para-hydroxylation sites is 2. The van der Waals surface area contributed by atoms with Gasteiger partial charge in [-0.25, -0.2) is 0 Å². The molecule has 0 N–H and O–H groups in total. The van der Waals surface area contributed by atoms with Crippen LogP contribution < -0.4 is 9.80 Å². The summed E-state index contributed by atoms with van der Waals surface area (Å²) in [6.45, 7) is 4.38.